The summed E-state index contributed by atoms with van der Waals surface area (Å²) in [7, 11) is 0. The SMILES string of the molecule is CCNC(=O)c1ccccc1NC(=O)c1ccc(Br)s1. The molecule has 2 aromatic rings. The lowest BCUT2D eigenvalue weighted by atomic mass is 10.1. The van der Waals surface area contributed by atoms with Crippen LogP contribution in [-0.4, -0.2) is 18.4 Å². The second-order valence-electron chi connectivity index (χ2n) is 3.96. The van der Waals surface area contributed by atoms with Crippen molar-refractivity contribution in [1.82, 2.24) is 5.32 Å². The van der Waals surface area contributed by atoms with Crippen molar-refractivity contribution in [3.8, 4) is 0 Å². The molecule has 0 radical (unpaired) electrons. The third-order valence-electron chi connectivity index (χ3n) is 2.55. The maximum absolute atomic E-state index is 12.1. The molecule has 0 saturated carbocycles. The van der Waals surface area contributed by atoms with Gasteiger partial charge in [-0.3, -0.25) is 9.59 Å². The summed E-state index contributed by atoms with van der Waals surface area (Å²) in [5.41, 5.74) is 0.964. The Kier molecular flexibility index (Phi) is 4.92. The van der Waals surface area contributed by atoms with Crippen LogP contribution in [0.4, 0.5) is 5.69 Å². The lowest BCUT2D eigenvalue weighted by Gasteiger charge is -2.09. The molecule has 2 N–H and O–H groups in total. The molecule has 1 aromatic heterocycles. The van der Waals surface area contributed by atoms with Gasteiger partial charge in [-0.25, -0.2) is 0 Å². The highest BCUT2D eigenvalue weighted by Crippen LogP contribution is 2.23. The van der Waals surface area contributed by atoms with Crippen molar-refractivity contribution in [2.75, 3.05) is 11.9 Å². The molecular formula is C14H13BrN2O2S. The summed E-state index contributed by atoms with van der Waals surface area (Å²) in [6.07, 6.45) is 0. The zero-order valence-corrected chi connectivity index (χ0v) is 13.2. The molecule has 1 heterocycles. The third-order valence-corrected chi connectivity index (χ3v) is 4.18. The Morgan fingerprint density at radius 3 is 2.55 bits per heavy atom. The molecule has 4 nitrogen and oxygen atoms in total. The quantitative estimate of drug-likeness (QED) is 0.884. The molecule has 6 heteroatoms. The van der Waals surface area contributed by atoms with Crippen molar-refractivity contribution in [3.63, 3.8) is 0 Å². The molecule has 0 atom stereocenters. The Balaban J connectivity index is 2.21. The zero-order chi connectivity index (χ0) is 14.5. The first-order valence-electron chi connectivity index (χ1n) is 6.05. The summed E-state index contributed by atoms with van der Waals surface area (Å²) in [5.74, 6) is -0.423. The van der Waals surface area contributed by atoms with Crippen molar-refractivity contribution in [2.45, 2.75) is 6.92 Å². The van der Waals surface area contributed by atoms with E-state index in [0.717, 1.165) is 3.79 Å². The van der Waals surface area contributed by atoms with Crippen LogP contribution in [0.25, 0.3) is 0 Å². The van der Waals surface area contributed by atoms with Gasteiger partial charge in [-0.05, 0) is 47.1 Å². The summed E-state index contributed by atoms with van der Waals surface area (Å²) in [6, 6.07) is 10.5. The molecule has 2 rings (SSSR count). The summed E-state index contributed by atoms with van der Waals surface area (Å²) < 4.78 is 0.889. The average molecular weight is 353 g/mol. The van der Waals surface area contributed by atoms with Gasteiger partial charge in [0.15, 0.2) is 0 Å². The van der Waals surface area contributed by atoms with Crippen LogP contribution >= 0.6 is 27.3 Å². The standard InChI is InChI=1S/C14H13BrN2O2S/c1-2-16-13(18)9-5-3-4-6-10(9)17-14(19)11-7-8-12(15)20-11/h3-8H,2H2,1H3,(H,16,18)(H,17,19). The fourth-order valence-electron chi connectivity index (χ4n) is 1.67. The van der Waals surface area contributed by atoms with Crippen molar-refractivity contribution < 1.29 is 9.59 Å². The van der Waals surface area contributed by atoms with Gasteiger partial charge in [0, 0.05) is 6.54 Å². The number of benzene rings is 1. The van der Waals surface area contributed by atoms with Crippen LogP contribution in [0.2, 0.25) is 0 Å². The topological polar surface area (TPSA) is 58.2 Å². The third kappa shape index (κ3) is 3.46. The highest BCUT2D eigenvalue weighted by atomic mass is 79.9. The molecule has 0 bridgehead atoms. The molecule has 2 amide bonds. The number of hydrogen-bond acceptors (Lipinski definition) is 3. The monoisotopic (exact) mass is 352 g/mol. The summed E-state index contributed by atoms with van der Waals surface area (Å²) in [5, 5.41) is 5.49. The van der Waals surface area contributed by atoms with Gasteiger partial charge in [0.05, 0.1) is 19.9 Å². The van der Waals surface area contributed by atoms with Crippen molar-refractivity contribution in [3.05, 3.63) is 50.6 Å². The van der Waals surface area contributed by atoms with E-state index < -0.39 is 0 Å². The highest BCUT2D eigenvalue weighted by Gasteiger charge is 2.14. The molecule has 0 aliphatic carbocycles. The van der Waals surface area contributed by atoms with Gasteiger partial charge >= 0.3 is 0 Å². The summed E-state index contributed by atoms with van der Waals surface area (Å²) in [6.45, 7) is 2.39. The van der Waals surface area contributed by atoms with Crippen LogP contribution in [0.15, 0.2) is 40.2 Å². The van der Waals surface area contributed by atoms with Crippen LogP contribution in [0.3, 0.4) is 0 Å². The van der Waals surface area contributed by atoms with Crippen LogP contribution in [0, 0.1) is 0 Å². The number of carbonyl (C=O) groups is 2. The van der Waals surface area contributed by atoms with E-state index in [1.54, 1.807) is 30.3 Å². The second-order valence-corrected chi connectivity index (χ2v) is 6.43. The molecule has 0 aliphatic rings. The Morgan fingerprint density at radius 1 is 1.15 bits per heavy atom. The van der Waals surface area contributed by atoms with Crippen LogP contribution in [0.5, 0.6) is 0 Å². The molecule has 0 aliphatic heterocycles. The Labute approximate surface area is 129 Å². The van der Waals surface area contributed by atoms with Gasteiger partial charge < -0.3 is 10.6 Å². The van der Waals surface area contributed by atoms with Crippen LogP contribution in [-0.2, 0) is 0 Å². The fourth-order valence-corrected chi connectivity index (χ4v) is 2.95. The summed E-state index contributed by atoms with van der Waals surface area (Å²) in [4.78, 5) is 24.6. The Morgan fingerprint density at radius 2 is 1.90 bits per heavy atom. The van der Waals surface area contributed by atoms with Crippen molar-refractivity contribution >= 4 is 44.8 Å². The average Bonchev–Trinajstić information content (AvgIpc) is 2.86. The molecule has 0 unspecified atom stereocenters. The number of anilines is 1. The van der Waals surface area contributed by atoms with Gasteiger partial charge in [0.25, 0.3) is 11.8 Å². The first-order chi connectivity index (χ1) is 9.61. The summed E-state index contributed by atoms with van der Waals surface area (Å²) >= 11 is 4.66. The minimum atomic E-state index is -0.225. The van der Waals surface area contributed by atoms with Crippen LogP contribution < -0.4 is 10.6 Å². The maximum atomic E-state index is 12.1. The first kappa shape index (κ1) is 14.7. The number of nitrogens with one attached hydrogen (secondary N) is 2. The van der Waals surface area contributed by atoms with Gasteiger partial charge in [-0.2, -0.15) is 0 Å². The maximum Gasteiger partial charge on any atom is 0.265 e. The molecule has 104 valence electrons. The van der Waals surface area contributed by atoms with E-state index >= 15 is 0 Å². The number of rotatable bonds is 4. The van der Waals surface area contributed by atoms with E-state index in [2.05, 4.69) is 26.6 Å². The van der Waals surface area contributed by atoms with Gasteiger partial charge in [0.2, 0.25) is 0 Å². The number of thiophene rings is 1. The largest absolute Gasteiger partial charge is 0.352 e. The smallest absolute Gasteiger partial charge is 0.265 e. The van der Waals surface area contributed by atoms with E-state index in [1.807, 2.05) is 13.0 Å². The van der Waals surface area contributed by atoms with Crippen molar-refractivity contribution in [1.29, 1.82) is 0 Å². The molecular weight excluding hydrogens is 340 g/mol. The normalized spacial score (nSPS) is 10.1. The van der Waals surface area contributed by atoms with E-state index in [1.165, 1.54) is 11.3 Å². The van der Waals surface area contributed by atoms with Gasteiger partial charge in [0.1, 0.15) is 0 Å². The predicted molar refractivity (Wildman–Crippen MR) is 84.4 cm³/mol. The fraction of sp³-hybridized carbons (Fsp3) is 0.143. The molecule has 1 aromatic carbocycles. The van der Waals surface area contributed by atoms with Crippen molar-refractivity contribution in [2.24, 2.45) is 0 Å². The number of amides is 2. The lowest BCUT2D eigenvalue weighted by Crippen LogP contribution is -2.24. The first-order valence-corrected chi connectivity index (χ1v) is 7.66. The van der Waals surface area contributed by atoms with E-state index in [0.29, 0.717) is 22.7 Å². The molecule has 0 fully saturated rings. The minimum Gasteiger partial charge on any atom is -0.352 e. The number of halogens is 1. The molecule has 20 heavy (non-hydrogen) atoms. The Bertz CT molecular complexity index is 640. The molecule has 0 saturated heterocycles. The molecule has 0 spiro atoms. The van der Waals surface area contributed by atoms with E-state index in [9.17, 15) is 9.59 Å². The minimum absolute atomic E-state index is 0.198. The Hall–Kier alpha value is -1.66. The van der Waals surface area contributed by atoms with Gasteiger partial charge in [-0.1, -0.05) is 12.1 Å². The number of hydrogen-bond donors (Lipinski definition) is 2. The van der Waals surface area contributed by atoms with E-state index in [4.69, 9.17) is 0 Å². The van der Waals surface area contributed by atoms with E-state index in [-0.39, 0.29) is 11.8 Å². The van der Waals surface area contributed by atoms with Gasteiger partial charge in [-0.15, -0.1) is 11.3 Å². The number of carbonyl (C=O) groups excluding carboxylic acids is 2. The lowest BCUT2D eigenvalue weighted by molar-refractivity contribution is 0.0956. The predicted octanol–water partition coefficient (Wildman–Crippen LogP) is 3.51. The van der Waals surface area contributed by atoms with Crippen LogP contribution in [0.1, 0.15) is 27.0 Å². The zero-order valence-electron chi connectivity index (χ0n) is 10.8. The second kappa shape index (κ2) is 6.67. The number of para-hydroxylation sites is 1. The highest BCUT2D eigenvalue weighted by molar-refractivity contribution is 9.11.